The van der Waals surface area contributed by atoms with Gasteiger partial charge in [0.25, 0.3) is 5.69 Å². The maximum Gasteiger partial charge on any atom is 0.270 e. The Morgan fingerprint density at radius 1 is 1.12 bits per heavy atom. The average molecular weight is 345 g/mol. The van der Waals surface area contributed by atoms with Crippen molar-refractivity contribution < 1.29 is 18.1 Å². The minimum atomic E-state index is -3.86. The second kappa shape index (κ2) is 7.18. The molecule has 0 aliphatic rings. The van der Waals surface area contributed by atoms with Gasteiger partial charge in [-0.1, -0.05) is 42.5 Å². The fourth-order valence-electron chi connectivity index (χ4n) is 2.16. The number of sulfone groups is 1. The molecule has 2 rings (SSSR count). The summed E-state index contributed by atoms with van der Waals surface area (Å²) in [7, 11) is -3.86. The molecule has 0 spiro atoms. The van der Waals surface area contributed by atoms with Crippen LogP contribution in [0.1, 0.15) is 18.1 Å². The highest BCUT2D eigenvalue weighted by molar-refractivity contribution is 7.95. The molecule has 0 bridgehead atoms. The number of allylic oxidation sites excluding steroid dienone is 1. The van der Waals surface area contributed by atoms with Gasteiger partial charge in [0, 0.05) is 12.1 Å². The summed E-state index contributed by atoms with van der Waals surface area (Å²) in [4.78, 5) is 21.7. The van der Waals surface area contributed by atoms with Crippen LogP contribution >= 0.6 is 0 Å². The van der Waals surface area contributed by atoms with Gasteiger partial charge in [0.2, 0.25) is 0 Å². The maximum absolute atomic E-state index is 12.5. The molecule has 0 fully saturated rings. The largest absolute Gasteiger partial charge is 0.294 e. The van der Waals surface area contributed by atoms with Crippen LogP contribution in [-0.4, -0.2) is 19.1 Å². The number of nitro benzene ring substituents is 1. The lowest BCUT2D eigenvalue weighted by Gasteiger charge is -2.07. The van der Waals surface area contributed by atoms with Crippen LogP contribution in [0.3, 0.4) is 0 Å². The van der Waals surface area contributed by atoms with Crippen molar-refractivity contribution in [2.45, 2.75) is 12.7 Å². The summed E-state index contributed by atoms with van der Waals surface area (Å²) >= 11 is 0. The number of non-ortho nitro benzene ring substituents is 1. The van der Waals surface area contributed by atoms with Gasteiger partial charge in [0.1, 0.15) is 4.91 Å². The van der Waals surface area contributed by atoms with Crippen molar-refractivity contribution in [2.75, 3.05) is 0 Å². The lowest BCUT2D eigenvalue weighted by Crippen LogP contribution is -2.13. The molecule has 124 valence electrons. The number of carbonyl (C=O) groups is 1. The molecule has 0 amide bonds. The zero-order valence-corrected chi connectivity index (χ0v) is 13.7. The van der Waals surface area contributed by atoms with Gasteiger partial charge in [-0.05, 0) is 24.1 Å². The molecule has 0 saturated heterocycles. The van der Waals surface area contributed by atoms with E-state index < -0.39 is 20.5 Å². The number of ketones is 1. The van der Waals surface area contributed by atoms with Crippen LogP contribution in [0.4, 0.5) is 5.69 Å². The molecule has 6 nitrogen and oxygen atoms in total. The molecular formula is C17H15NO5S. The van der Waals surface area contributed by atoms with Crippen molar-refractivity contribution in [2.24, 2.45) is 0 Å². The van der Waals surface area contributed by atoms with Crippen LogP contribution in [0.15, 0.2) is 59.5 Å². The smallest absolute Gasteiger partial charge is 0.270 e. The Hall–Kier alpha value is -2.80. The molecular weight excluding hydrogens is 330 g/mol. The minimum absolute atomic E-state index is 0.174. The highest BCUT2D eigenvalue weighted by Crippen LogP contribution is 2.21. The molecule has 24 heavy (non-hydrogen) atoms. The lowest BCUT2D eigenvalue weighted by atomic mass is 10.2. The monoisotopic (exact) mass is 345 g/mol. The number of rotatable bonds is 6. The van der Waals surface area contributed by atoms with Crippen molar-refractivity contribution >= 4 is 27.4 Å². The number of hydrogen-bond acceptors (Lipinski definition) is 5. The molecule has 0 radical (unpaired) electrons. The van der Waals surface area contributed by atoms with E-state index in [0.717, 1.165) is 6.92 Å². The summed E-state index contributed by atoms with van der Waals surface area (Å²) in [5, 5.41) is 10.8. The van der Waals surface area contributed by atoms with Crippen LogP contribution in [0.5, 0.6) is 0 Å². The van der Waals surface area contributed by atoms with E-state index in [-0.39, 0.29) is 21.9 Å². The van der Waals surface area contributed by atoms with Gasteiger partial charge in [0.15, 0.2) is 15.6 Å². The molecule has 0 aliphatic heterocycles. The van der Waals surface area contributed by atoms with Crippen LogP contribution in [0.25, 0.3) is 6.08 Å². The maximum atomic E-state index is 12.5. The number of nitro groups is 1. The van der Waals surface area contributed by atoms with Crippen molar-refractivity contribution in [3.63, 3.8) is 0 Å². The number of Topliss-reactive ketones (excluding diaryl/α,β-unsaturated/α-hetero) is 1. The Balaban J connectivity index is 2.43. The summed E-state index contributed by atoms with van der Waals surface area (Å²) in [6.45, 7) is 1.16. The molecule has 0 heterocycles. The second-order valence-corrected chi connectivity index (χ2v) is 7.12. The standard InChI is InChI=1S/C17H15NO5S/c1-13(19)17(11-15-8-5-9-16(10-15)18(20)21)24(22,23)12-14-6-3-2-4-7-14/h2-11H,12H2,1H3. The number of benzene rings is 2. The third kappa shape index (κ3) is 4.36. The molecule has 0 aromatic heterocycles. The topological polar surface area (TPSA) is 94.3 Å². The van der Waals surface area contributed by atoms with E-state index in [1.807, 2.05) is 0 Å². The molecule has 2 aromatic rings. The summed E-state index contributed by atoms with van der Waals surface area (Å²) in [5.74, 6) is -0.925. The van der Waals surface area contributed by atoms with Crippen molar-refractivity contribution in [3.8, 4) is 0 Å². The van der Waals surface area contributed by atoms with Crippen LogP contribution in [0.2, 0.25) is 0 Å². The van der Waals surface area contributed by atoms with E-state index in [1.165, 1.54) is 30.3 Å². The average Bonchev–Trinajstić information content (AvgIpc) is 2.53. The van der Waals surface area contributed by atoms with Gasteiger partial charge in [-0.3, -0.25) is 14.9 Å². The summed E-state index contributed by atoms with van der Waals surface area (Å²) in [5.41, 5.74) is 0.668. The van der Waals surface area contributed by atoms with Crippen molar-refractivity contribution in [3.05, 3.63) is 80.7 Å². The fraction of sp³-hybridized carbons (Fsp3) is 0.118. The van der Waals surface area contributed by atoms with Crippen LogP contribution in [0, 0.1) is 10.1 Å². The highest BCUT2D eigenvalue weighted by atomic mass is 32.2. The third-order valence-corrected chi connectivity index (χ3v) is 5.05. The van der Waals surface area contributed by atoms with E-state index in [0.29, 0.717) is 5.56 Å². The fourth-order valence-corrected chi connectivity index (χ4v) is 3.70. The molecule has 0 atom stereocenters. The predicted octanol–water partition coefficient (Wildman–Crippen LogP) is 3.14. The molecule has 0 aliphatic carbocycles. The van der Waals surface area contributed by atoms with Crippen molar-refractivity contribution in [1.29, 1.82) is 0 Å². The Kier molecular flexibility index (Phi) is 5.25. The first-order chi connectivity index (χ1) is 11.3. The first kappa shape index (κ1) is 17.6. The predicted molar refractivity (Wildman–Crippen MR) is 90.8 cm³/mol. The van der Waals surface area contributed by atoms with Gasteiger partial charge in [0.05, 0.1) is 10.7 Å². The molecule has 7 heteroatoms. The van der Waals surface area contributed by atoms with E-state index in [2.05, 4.69) is 0 Å². The van der Waals surface area contributed by atoms with Gasteiger partial charge in [-0.15, -0.1) is 0 Å². The Bertz CT molecular complexity index is 902. The summed E-state index contributed by atoms with van der Waals surface area (Å²) in [6.07, 6.45) is 1.17. The van der Waals surface area contributed by atoms with Gasteiger partial charge < -0.3 is 0 Å². The van der Waals surface area contributed by atoms with E-state index in [1.54, 1.807) is 30.3 Å². The van der Waals surface area contributed by atoms with Gasteiger partial charge in [-0.25, -0.2) is 8.42 Å². The van der Waals surface area contributed by atoms with E-state index in [4.69, 9.17) is 0 Å². The number of nitrogens with zero attached hydrogens (tertiary/aromatic N) is 1. The summed E-state index contributed by atoms with van der Waals surface area (Å²) in [6, 6.07) is 14.0. The Morgan fingerprint density at radius 2 is 1.79 bits per heavy atom. The zero-order valence-electron chi connectivity index (χ0n) is 12.9. The zero-order chi connectivity index (χ0) is 17.7. The normalized spacial score (nSPS) is 12.0. The Labute approximate surface area is 139 Å². The number of hydrogen-bond donors (Lipinski definition) is 0. The quantitative estimate of drug-likeness (QED) is 0.455. The van der Waals surface area contributed by atoms with Crippen LogP contribution < -0.4 is 0 Å². The first-order valence-corrected chi connectivity index (χ1v) is 8.68. The number of carbonyl (C=O) groups excluding carboxylic acids is 1. The Morgan fingerprint density at radius 3 is 2.38 bits per heavy atom. The van der Waals surface area contributed by atoms with Crippen LogP contribution in [-0.2, 0) is 20.4 Å². The minimum Gasteiger partial charge on any atom is -0.294 e. The second-order valence-electron chi connectivity index (χ2n) is 5.16. The van der Waals surface area contributed by atoms with E-state index >= 15 is 0 Å². The first-order valence-electron chi connectivity index (χ1n) is 7.03. The highest BCUT2D eigenvalue weighted by Gasteiger charge is 2.22. The van der Waals surface area contributed by atoms with Crippen molar-refractivity contribution in [1.82, 2.24) is 0 Å². The SMILES string of the molecule is CC(=O)C(=Cc1cccc([N+](=O)[O-])c1)S(=O)(=O)Cc1ccccc1. The third-order valence-electron chi connectivity index (χ3n) is 3.26. The van der Waals surface area contributed by atoms with E-state index in [9.17, 15) is 23.3 Å². The molecule has 0 N–H and O–H groups in total. The summed E-state index contributed by atoms with van der Waals surface area (Å²) < 4.78 is 25.1. The molecule has 2 aromatic carbocycles. The van der Waals surface area contributed by atoms with Gasteiger partial charge >= 0.3 is 0 Å². The van der Waals surface area contributed by atoms with Gasteiger partial charge in [-0.2, -0.15) is 0 Å². The molecule has 0 saturated carbocycles. The lowest BCUT2D eigenvalue weighted by molar-refractivity contribution is -0.384. The molecule has 0 unspecified atom stereocenters.